The zero-order valence-corrected chi connectivity index (χ0v) is 14.2. The van der Waals surface area contributed by atoms with Gasteiger partial charge in [-0.25, -0.2) is 9.97 Å². The van der Waals surface area contributed by atoms with E-state index >= 15 is 0 Å². The second-order valence-corrected chi connectivity index (χ2v) is 7.35. The molecule has 6 heteroatoms. The van der Waals surface area contributed by atoms with E-state index in [9.17, 15) is 4.79 Å². The Morgan fingerprint density at radius 3 is 3.00 bits per heavy atom. The normalized spacial score (nSPS) is 15.2. The van der Waals surface area contributed by atoms with Crippen molar-refractivity contribution in [2.45, 2.75) is 31.8 Å². The molecule has 0 atom stereocenters. The van der Waals surface area contributed by atoms with Crippen LogP contribution in [0, 0.1) is 0 Å². The summed E-state index contributed by atoms with van der Waals surface area (Å²) in [6, 6.07) is 4.20. The largest absolute Gasteiger partial charge is 0.306 e. The van der Waals surface area contributed by atoms with Crippen LogP contribution in [-0.2, 0) is 11.2 Å². The van der Waals surface area contributed by atoms with Gasteiger partial charge in [-0.3, -0.25) is 4.79 Å². The van der Waals surface area contributed by atoms with Gasteiger partial charge in [0.05, 0.1) is 5.57 Å². The van der Waals surface area contributed by atoms with Gasteiger partial charge < -0.3 is 5.32 Å². The van der Waals surface area contributed by atoms with E-state index in [1.807, 2.05) is 6.08 Å². The minimum atomic E-state index is -0.103. The molecule has 0 saturated heterocycles. The lowest BCUT2D eigenvalue weighted by molar-refractivity contribution is -0.110. The van der Waals surface area contributed by atoms with E-state index in [-0.39, 0.29) is 5.91 Å². The second kappa shape index (κ2) is 6.62. The lowest BCUT2D eigenvalue weighted by atomic mass is 10.1. The van der Waals surface area contributed by atoms with Gasteiger partial charge in [0, 0.05) is 21.5 Å². The molecule has 0 unspecified atom stereocenters. The molecule has 1 aliphatic rings. The molecule has 2 aromatic rings. The third-order valence-corrected chi connectivity index (χ3v) is 5.11. The maximum Gasteiger partial charge on any atom is 0.257 e. The van der Waals surface area contributed by atoms with Crippen LogP contribution in [0.1, 0.15) is 35.6 Å². The van der Waals surface area contributed by atoms with Gasteiger partial charge in [-0.05, 0) is 30.4 Å². The Hall–Kier alpha value is -1.66. The molecule has 0 bridgehead atoms. The topological polar surface area (TPSA) is 54.9 Å². The second-order valence-electron chi connectivity index (χ2n) is 4.91. The van der Waals surface area contributed by atoms with E-state index < -0.39 is 0 Å². The first-order valence-corrected chi connectivity index (χ1v) is 9.13. The third kappa shape index (κ3) is 3.08. The van der Waals surface area contributed by atoms with Gasteiger partial charge in [0.15, 0.2) is 5.16 Å². The summed E-state index contributed by atoms with van der Waals surface area (Å²) in [5, 5.41) is 3.53. The van der Waals surface area contributed by atoms with E-state index in [0.717, 1.165) is 29.0 Å². The van der Waals surface area contributed by atoms with Crippen LogP contribution in [0.5, 0.6) is 0 Å². The number of carbonyl (C=O) groups excluding carboxylic acids is 1. The fourth-order valence-electron chi connectivity index (χ4n) is 2.29. The molecule has 4 nitrogen and oxygen atoms in total. The number of rotatable bonds is 5. The van der Waals surface area contributed by atoms with Crippen molar-refractivity contribution in [1.82, 2.24) is 9.97 Å². The predicted molar refractivity (Wildman–Crippen MR) is 93.2 cm³/mol. The van der Waals surface area contributed by atoms with E-state index in [4.69, 9.17) is 0 Å². The molecule has 0 aromatic carbocycles. The van der Waals surface area contributed by atoms with Gasteiger partial charge in [-0.15, -0.1) is 11.3 Å². The van der Waals surface area contributed by atoms with E-state index in [1.54, 1.807) is 29.3 Å². The van der Waals surface area contributed by atoms with Crippen LogP contribution in [0.2, 0.25) is 0 Å². The Kier molecular flexibility index (Phi) is 4.59. The number of anilines is 1. The molecule has 114 valence electrons. The summed E-state index contributed by atoms with van der Waals surface area (Å²) in [6.45, 7) is 4.22. The van der Waals surface area contributed by atoms with Crippen molar-refractivity contribution in [3.63, 3.8) is 0 Å². The van der Waals surface area contributed by atoms with Crippen LogP contribution in [0.15, 0.2) is 23.5 Å². The van der Waals surface area contributed by atoms with Crippen LogP contribution < -0.4 is 5.32 Å². The number of thioether (sulfide) groups is 1. The van der Waals surface area contributed by atoms with Gasteiger partial charge >= 0.3 is 0 Å². The molecule has 2 aromatic heterocycles. The summed E-state index contributed by atoms with van der Waals surface area (Å²) in [6.07, 6.45) is 5.88. The number of thiophene rings is 1. The number of nitrogens with zero attached hydrogens (tertiary/aromatic N) is 2. The quantitative estimate of drug-likeness (QED) is 0.509. The molecule has 0 fully saturated rings. The molecule has 1 aliphatic heterocycles. The molecular weight excluding hydrogens is 314 g/mol. The average molecular weight is 331 g/mol. The molecule has 1 N–H and O–H groups in total. The van der Waals surface area contributed by atoms with E-state index in [1.165, 1.54) is 4.88 Å². The summed E-state index contributed by atoms with van der Waals surface area (Å²) < 4.78 is 0. The Balaban J connectivity index is 1.92. The van der Waals surface area contributed by atoms with E-state index in [0.29, 0.717) is 16.5 Å². The summed E-state index contributed by atoms with van der Waals surface area (Å²) >= 11 is 3.30. The van der Waals surface area contributed by atoms with Crippen molar-refractivity contribution in [2.75, 3.05) is 11.1 Å². The minimum Gasteiger partial charge on any atom is -0.306 e. The zero-order chi connectivity index (χ0) is 15.5. The Morgan fingerprint density at radius 2 is 2.23 bits per heavy atom. The van der Waals surface area contributed by atoms with Crippen LogP contribution in [0.25, 0.3) is 11.6 Å². The molecule has 0 spiro atoms. The SMILES string of the molecule is CCCc1ccc(C=C2C(=O)Nc3nc(SCC)ncc32)s1. The van der Waals surface area contributed by atoms with Crippen LogP contribution >= 0.6 is 23.1 Å². The van der Waals surface area contributed by atoms with Gasteiger partial charge in [-0.2, -0.15) is 0 Å². The average Bonchev–Trinajstić information content (AvgIpc) is 3.05. The van der Waals surface area contributed by atoms with Gasteiger partial charge in [0.25, 0.3) is 5.91 Å². The number of aromatic nitrogens is 2. The highest BCUT2D eigenvalue weighted by atomic mass is 32.2. The van der Waals surface area contributed by atoms with Gasteiger partial charge in [0.1, 0.15) is 5.82 Å². The van der Waals surface area contributed by atoms with Gasteiger partial charge in [-0.1, -0.05) is 32.0 Å². The Labute approximate surface area is 138 Å². The van der Waals surface area contributed by atoms with Crippen LogP contribution in [0.3, 0.4) is 0 Å². The smallest absolute Gasteiger partial charge is 0.257 e. The van der Waals surface area contributed by atoms with Crippen molar-refractivity contribution in [2.24, 2.45) is 0 Å². The molecule has 3 rings (SSSR count). The molecule has 0 aliphatic carbocycles. The lowest BCUT2D eigenvalue weighted by Gasteiger charge is -2.00. The molecule has 22 heavy (non-hydrogen) atoms. The van der Waals surface area contributed by atoms with Crippen LogP contribution in [-0.4, -0.2) is 21.6 Å². The Morgan fingerprint density at radius 1 is 1.36 bits per heavy atom. The predicted octanol–water partition coefficient (Wildman–Crippen LogP) is 4.10. The van der Waals surface area contributed by atoms with Crippen molar-refractivity contribution in [3.05, 3.63) is 33.6 Å². The van der Waals surface area contributed by atoms with Crippen LogP contribution in [0.4, 0.5) is 5.82 Å². The lowest BCUT2D eigenvalue weighted by Crippen LogP contribution is -2.04. The summed E-state index contributed by atoms with van der Waals surface area (Å²) in [5.41, 5.74) is 1.43. The molecule has 1 amide bonds. The molecule has 0 saturated carbocycles. The first-order valence-electron chi connectivity index (χ1n) is 7.33. The van der Waals surface area contributed by atoms with Crippen molar-refractivity contribution in [1.29, 1.82) is 0 Å². The highest BCUT2D eigenvalue weighted by Crippen LogP contribution is 2.33. The first kappa shape index (κ1) is 15.2. The zero-order valence-electron chi connectivity index (χ0n) is 12.5. The summed E-state index contributed by atoms with van der Waals surface area (Å²) in [5.74, 6) is 1.42. The van der Waals surface area contributed by atoms with Crippen molar-refractivity contribution >= 4 is 46.5 Å². The summed E-state index contributed by atoms with van der Waals surface area (Å²) in [4.78, 5) is 23.4. The number of hydrogen-bond donors (Lipinski definition) is 1. The number of carbonyl (C=O) groups is 1. The Bertz CT molecular complexity index is 737. The molecule has 0 radical (unpaired) electrons. The van der Waals surface area contributed by atoms with Crippen molar-refractivity contribution in [3.8, 4) is 0 Å². The maximum absolute atomic E-state index is 12.2. The number of nitrogens with one attached hydrogen (secondary N) is 1. The first-order chi connectivity index (χ1) is 10.7. The highest BCUT2D eigenvalue weighted by Gasteiger charge is 2.26. The molecular formula is C16H17N3OS2. The van der Waals surface area contributed by atoms with E-state index in [2.05, 4.69) is 41.3 Å². The standard InChI is InChI=1S/C16H17N3OS2/c1-3-5-10-6-7-11(22-10)8-12-13-9-17-16(21-4-2)19-14(13)18-15(12)20/h6-9H,3-5H2,1-2H3,(H,17,18,19,20). The van der Waals surface area contributed by atoms with Gasteiger partial charge in [0.2, 0.25) is 0 Å². The number of fused-ring (bicyclic) bond motifs is 1. The number of hydrogen-bond acceptors (Lipinski definition) is 5. The fourth-order valence-corrected chi connectivity index (χ4v) is 3.89. The minimum absolute atomic E-state index is 0.103. The monoisotopic (exact) mass is 331 g/mol. The maximum atomic E-state index is 12.2. The number of amides is 1. The third-order valence-electron chi connectivity index (χ3n) is 3.27. The fraction of sp³-hybridized carbons (Fsp3) is 0.312. The summed E-state index contributed by atoms with van der Waals surface area (Å²) in [7, 11) is 0. The van der Waals surface area contributed by atoms with Crippen molar-refractivity contribution < 1.29 is 4.79 Å². The molecule has 3 heterocycles. The highest BCUT2D eigenvalue weighted by molar-refractivity contribution is 7.99. The number of aryl methyl sites for hydroxylation is 1.